The van der Waals surface area contributed by atoms with Gasteiger partial charge in [-0.25, -0.2) is 4.98 Å². The molecule has 1 amide bonds. The van der Waals surface area contributed by atoms with Gasteiger partial charge >= 0.3 is 0 Å². The van der Waals surface area contributed by atoms with Crippen LogP contribution in [0, 0.1) is 0 Å². The van der Waals surface area contributed by atoms with Gasteiger partial charge in [0.15, 0.2) is 0 Å². The molecule has 7 nitrogen and oxygen atoms in total. The molecule has 4 rings (SSSR count). The maximum absolute atomic E-state index is 11.2. The highest BCUT2D eigenvalue weighted by molar-refractivity contribution is 8.00. The number of nitrogens with one attached hydrogen (secondary N) is 3. The van der Waals surface area contributed by atoms with Crippen molar-refractivity contribution in [2.75, 3.05) is 10.6 Å². The van der Waals surface area contributed by atoms with Gasteiger partial charge in [0, 0.05) is 23.2 Å². The topological polar surface area (TPSA) is 105 Å². The van der Waals surface area contributed by atoms with Gasteiger partial charge in [0.05, 0.1) is 12.4 Å². The first-order valence-electron chi connectivity index (χ1n) is 9.35. The summed E-state index contributed by atoms with van der Waals surface area (Å²) in [6.07, 6.45) is 9.53. The summed E-state index contributed by atoms with van der Waals surface area (Å²) in [7, 11) is 0. The van der Waals surface area contributed by atoms with Crippen molar-refractivity contribution in [3.63, 3.8) is 0 Å². The highest BCUT2D eigenvalue weighted by atomic mass is 32.2. The van der Waals surface area contributed by atoms with Gasteiger partial charge in [0.25, 0.3) is 5.91 Å². The van der Waals surface area contributed by atoms with Gasteiger partial charge in [-0.05, 0) is 30.5 Å². The average molecular weight is 385 g/mol. The van der Waals surface area contributed by atoms with Gasteiger partial charge in [-0.2, -0.15) is 0 Å². The van der Waals surface area contributed by atoms with Crippen LogP contribution in [0.15, 0.2) is 35.5 Å². The van der Waals surface area contributed by atoms with E-state index >= 15 is 0 Å². The monoisotopic (exact) mass is 384 g/mol. The second-order valence-electron chi connectivity index (χ2n) is 6.98. The number of carbonyl (C=O) groups excluding carboxylic acids is 1. The van der Waals surface area contributed by atoms with Gasteiger partial charge in [0.1, 0.15) is 17.0 Å². The normalized spacial score (nSPS) is 19.3. The Kier molecular flexibility index (Phi) is 5.45. The van der Waals surface area contributed by atoms with E-state index in [1.54, 1.807) is 6.20 Å². The number of primary amides is 1. The SMILES string of the molecule is NC(=O)c1cncc(NCc2ccc3c(c2)SC(NC2CCCCC2)N3)n1. The Morgan fingerprint density at radius 3 is 2.93 bits per heavy atom. The Morgan fingerprint density at radius 1 is 1.26 bits per heavy atom. The minimum absolute atomic E-state index is 0.158. The van der Waals surface area contributed by atoms with Crippen molar-refractivity contribution in [3.05, 3.63) is 41.9 Å². The molecule has 1 aliphatic carbocycles. The molecule has 0 radical (unpaired) electrons. The molecule has 2 aromatic rings. The Balaban J connectivity index is 1.35. The van der Waals surface area contributed by atoms with E-state index in [9.17, 15) is 4.79 Å². The van der Waals surface area contributed by atoms with Crippen LogP contribution in [0.5, 0.6) is 0 Å². The van der Waals surface area contributed by atoms with Crippen molar-refractivity contribution in [2.45, 2.75) is 55.1 Å². The quantitative estimate of drug-likeness (QED) is 0.607. The van der Waals surface area contributed by atoms with Crippen molar-refractivity contribution in [2.24, 2.45) is 5.73 Å². The highest BCUT2D eigenvalue weighted by Gasteiger charge is 2.24. The van der Waals surface area contributed by atoms with Crippen molar-refractivity contribution < 1.29 is 4.79 Å². The zero-order valence-corrected chi connectivity index (χ0v) is 15.9. The molecule has 1 aromatic heterocycles. The molecule has 1 aromatic carbocycles. The number of benzene rings is 1. The Morgan fingerprint density at radius 2 is 2.11 bits per heavy atom. The maximum atomic E-state index is 11.2. The largest absolute Gasteiger partial charge is 0.365 e. The van der Waals surface area contributed by atoms with Crippen LogP contribution in [-0.4, -0.2) is 27.4 Å². The second kappa shape index (κ2) is 8.14. The molecule has 1 saturated carbocycles. The maximum Gasteiger partial charge on any atom is 0.268 e. The van der Waals surface area contributed by atoms with Crippen molar-refractivity contribution in [3.8, 4) is 0 Å². The van der Waals surface area contributed by atoms with E-state index in [1.807, 2.05) is 11.8 Å². The molecule has 8 heteroatoms. The predicted octanol–water partition coefficient (Wildman–Crippen LogP) is 2.91. The van der Waals surface area contributed by atoms with Gasteiger partial charge < -0.3 is 16.4 Å². The fourth-order valence-electron chi connectivity index (χ4n) is 3.51. The number of rotatable bonds is 6. The van der Waals surface area contributed by atoms with Crippen LogP contribution in [0.2, 0.25) is 0 Å². The number of hydrogen-bond acceptors (Lipinski definition) is 7. The predicted molar refractivity (Wildman–Crippen MR) is 108 cm³/mol. The minimum Gasteiger partial charge on any atom is -0.365 e. The zero-order valence-electron chi connectivity index (χ0n) is 15.1. The number of hydrogen-bond donors (Lipinski definition) is 4. The standard InChI is InChI=1S/C19H24N6OS/c20-18(26)15-10-21-11-17(24-15)22-9-12-6-7-14-16(8-12)27-19(25-14)23-13-4-2-1-3-5-13/h6-8,10-11,13,19,23,25H,1-5,9H2,(H2,20,26)(H,22,24). The van der Waals surface area contributed by atoms with Gasteiger partial charge in [-0.3, -0.25) is 15.1 Å². The van der Waals surface area contributed by atoms with E-state index in [0.29, 0.717) is 18.4 Å². The van der Waals surface area contributed by atoms with E-state index in [1.165, 1.54) is 48.9 Å². The first-order chi connectivity index (χ1) is 13.2. The van der Waals surface area contributed by atoms with Crippen LogP contribution in [-0.2, 0) is 6.54 Å². The number of amides is 1. The lowest BCUT2D eigenvalue weighted by Crippen LogP contribution is -2.40. The molecule has 0 bridgehead atoms. The van der Waals surface area contributed by atoms with Crippen LogP contribution in [0.25, 0.3) is 0 Å². The smallest absolute Gasteiger partial charge is 0.268 e. The summed E-state index contributed by atoms with van der Waals surface area (Å²) in [6, 6.07) is 7.02. The summed E-state index contributed by atoms with van der Waals surface area (Å²) in [5.41, 5.74) is 7.96. The lowest BCUT2D eigenvalue weighted by atomic mass is 9.96. The minimum atomic E-state index is -0.581. The molecule has 0 saturated heterocycles. The van der Waals surface area contributed by atoms with Crippen LogP contribution in [0.3, 0.4) is 0 Å². The Hall–Kier alpha value is -2.32. The number of fused-ring (bicyclic) bond motifs is 1. The third-order valence-electron chi connectivity index (χ3n) is 4.93. The van der Waals surface area contributed by atoms with E-state index in [2.05, 4.69) is 44.1 Å². The molecule has 1 unspecified atom stereocenters. The van der Waals surface area contributed by atoms with Crippen LogP contribution in [0.4, 0.5) is 11.5 Å². The van der Waals surface area contributed by atoms with E-state index in [-0.39, 0.29) is 11.2 Å². The lowest BCUT2D eigenvalue weighted by Gasteiger charge is -2.26. The number of aromatic nitrogens is 2. The van der Waals surface area contributed by atoms with Crippen LogP contribution < -0.4 is 21.7 Å². The third kappa shape index (κ3) is 4.51. The van der Waals surface area contributed by atoms with Crippen molar-refractivity contribution in [1.82, 2.24) is 15.3 Å². The van der Waals surface area contributed by atoms with E-state index < -0.39 is 5.91 Å². The summed E-state index contributed by atoms with van der Waals surface area (Å²) >= 11 is 1.83. The molecular formula is C19H24N6OS. The Labute approximate surface area is 162 Å². The molecule has 0 spiro atoms. The number of nitrogens with zero attached hydrogens (tertiary/aromatic N) is 2. The van der Waals surface area contributed by atoms with Crippen molar-refractivity contribution in [1.29, 1.82) is 0 Å². The Bertz CT molecular complexity index is 824. The fraction of sp³-hybridized carbons (Fsp3) is 0.421. The zero-order chi connectivity index (χ0) is 18.6. The summed E-state index contributed by atoms with van der Waals surface area (Å²) < 4.78 is 0. The first kappa shape index (κ1) is 18.1. The molecule has 1 aliphatic heterocycles. The molecule has 142 valence electrons. The van der Waals surface area contributed by atoms with Gasteiger partial charge in [-0.15, -0.1) is 0 Å². The lowest BCUT2D eigenvalue weighted by molar-refractivity contribution is 0.0995. The molecular weight excluding hydrogens is 360 g/mol. The molecule has 1 fully saturated rings. The van der Waals surface area contributed by atoms with Crippen molar-refractivity contribution >= 4 is 29.2 Å². The number of nitrogens with two attached hydrogens (primary N) is 1. The number of thioether (sulfide) groups is 1. The van der Waals surface area contributed by atoms with Crippen LogP contribution >= 0.6 is 11.8 Å². The van der Waals surface area contributed by atoms with Gasteiger partial charge in [0.2, 0.25) is 0 Å². The summed E-state index contributed by atoms with van der Waals surface area (Å²) in [5.74, 6) is -0.0444. The molecule has 1 atom stereocenters. The van der Waals surface area contributed by atoms with Crippen LogP contribution in [0.1, 0.15) is 48.2 Å². The third-order valence-corrected chi connectivity index (χ3v) is 6.01. The highest BCUT2D eigenvalue weighted by Crippen LogP contribution is 2.38. The summed E-state index contributed by atoms with van der Waals surface area (Å²) in [4.78, 5) is 20.6. The van der Waals surface area contributed by atoms with E-state index in [0.717, 1.165) is 5.56 Å². The molecule has 2 aliphatic rings. The van der Waals surface area contributed by atoms with Gasteiger partial charge in [-0.1, -0.05) is 37.1 Å². The summed E-state index contributed by atoms with van der Waals surface area (Å²) in [6.45, 7) is 0.603. The molecule has 27 heavy (non-hydrogen) atoms. The number of anilines is 2. The second-order valence-corrected chi connectivity index (χ2v) is 8.13. The molecule has 5 N–H and O–H groups in total. The fourth-order valence-corrected chi connectivity index (χ4v) is 4.69. The average Bonchev–Trinajstić information content (AvgIpc) is 3.09. The van der Waals surface area contributed by atoms with E-state index in [4.69, 9.17) is 5.73 Å². The number of carbonyl (C=O) groups is 1. The summed E-state index contributed by atoms with van der Waals surface area (Å²) in [5, 5.41) is 10.5. The first-order valence-corrected chi connectivity index (χ1v) is 10.2. The molecule has 2 heterocycles.